The lowest BCUT2D eigenvalue weighted by atomic mass is 9.98. The van der Waals surface area contributed by atoms with E-state index in [1.807, 2.05) is 42.5 Å². The van der Waals surface area contributed by atoms with Gasteiger partial charge in [0.25, 0.3) is 11.8 Å². The SMILES string of the molecule is COc1ccc(C2=NN(C(=O)CN(CCN3CCOCC3)C(=O)c3ccco3)C(c3ccc(OC)c(OC)c3)C2)cc1. The topological polar surface area (TPSA) is 106 Å². The normalized spacial score (nSPS) is 17.1. The quantitative estimate of drug-likeness (QED) is 0.342. The van der Waals surface area contributed by atoms with Crippen LogP contribution in [0.25, 0.3) is 0 Å². The molecule has 3 aromatic rings. The zero-order chi connectivity index (χ0) is 29.5. The first kappa shape index (κ1) is 29.2. The minimum atomic E-state index is -0.408. The van der Waals surface area contributed by atoms with Crippen LogP contribution in [0.5, 0.6) is 17.2 Å². The monoisotopic (exact) mass is 576 g/mol. The summed E-state index contributed by atoms with van der Waals surface area (Å²) in [6, 6.07) is 16.0. The number of hydrazone groups is 1. The number of nitrogens with zero attached hydrogens (tertiary/aromatic N) is 4. The van der Waals surface area contributed by atoms with Gasteiger partial charge in [0.1, 0.15) is 12.3 Å². The molecule has 42 heavy (non-hydrogen) atoms. The molecule has 1 fully saturated rings. The highest BCUT2D eigenvalue weighted by Crippen LogP contribution is 2.37. The van der Waals surface area contributed by atoms with Crippen LogP contribution in [0.15, 0.2) is 70.4 Å². The number of ether oxygens (including phenoxy) is 4. The van der Waals surface area contributed by atoms with Crippen LogP contribution in [0.2, 0.25) is 0 Å². The van der Waals surface area contributed by atoms with Crippen molar-refractivity contribution in [1.82, 2.24) is 14.8 Å². The average Bonchev–Trinajstić information content (AvgIpc) is 3.74. The molecule has 2 aromatic carbocycles. The van der Waals surface area contributed by atoms with Crippen LogP contribution in [0.4, 0.5) is 0 Å². The van der Waals surface area contributed by atoms with Crippen LogP contribution in [0.3, 0.4) is 0 Å². The lowest BCUT2D eigenvalue weighted by Crippen LogP contribution is -2.46. The van der Waals surface area contributed by atoms with Crippen molar-refractivity contribution in [1.29, 1.82) is 0 Å². The fourth-order valence-electron chi connectivity index (χ4n) is 5.15. The maximum atomic E-state index is 14.0. The summed E-state index contributed by atoms with van der Waals surface area (Å²) in [6.45, 7) is 3.66. The number of methoxy groups -OCH3 is 3. The van der Waals surface area contributed by atoms with Crippen LogP contribution >= 0.6 is 0 Å². The molecule has 1 atom stereocenters. The second kappa shape index (κ2) is 13.5. The van der Waals surface area contributed by atoms with Gasteiger partial charge in [-0.15, -0.1) is 0 Å². The molecule has 11 heteroatoms. The molecule has 1 aromatic heterocycles. The molecule has 11 nitrogen and oxygen atoms in total. The molecule has 0 aliphatic carbocycles. The number of morpholine rings is 1. The molecule has 0 radical (unpaired) electrons. The van der Waals surface area contributed by atoms with Gasteiger partial charge in [-0.3, -0.25) is 14.5 Å². The second-order valence-electron chi connectivity index (χ2n) is 10.0. The van der Waals surface area contributed by atoms with E-state index >= 15 is 0 Å². The molecule has 0 saturated carbocycles. The van der Waals surface area contributed by atoms with Crippen molar-refractivity contribution in [2.24, 2.45) is 5.10 Å². The minimum absolute atomic E-state index is 0.160. The smallest absolute Gasteiger partial charge is 0.290 e. The Morgan fingerprint density at radius 2 is 1.74 bits per heavy atom. The summed E-state index contributed by atoms with van der Waals surface area (Å²) in [5, 5.41) is 6.28. The molecule has 2 aliphatic rings. The van der Waals surface area contributed by atoms with Gasteiger partial charge in [-0.05, 0) is 59.7 Å². The van der Waals surface area contributed by atoms with Gasteiger partial charge >= 0.3 is 0 Å². The molecule has 222 valence electrons. The Bertz CT molecular complexity index is 1380. The van der Waals surface area contributed by atoms with Crippen molar-refractivity contribution in [2.75, 3.05) is 67.3 Å². The van der Waals surface area contributed by atoms with Gasteiger partial charge in [-0.2, -0.15) is 5.10 Å². The molecule has 0 N–H and O–H groups in total. The highest BCUT2D eigenvalue weighted by molar-refractivity contribution is 6.03. The van der Waals surface area contributed by atoms with Crippen LogP contribution in [0, 0.1) is 0 Å². The molecule has 2 amide bonds. The Labute approximate surface area is 245 Å². The fourth-order valence-corrected chi connectivity index (χ4v) is 5.15. The Morgan fingerprint density at radius 1 is 0.976 bits per heavy atom. The predicted octanol–water partition coefficient (Wildman–Crippen LogP) is 3.46. The molecule has 0 bridgehead atoms. The Kier molecular flexibility index (Phi) is 9.40. The van der Waals surface area contributed by atoms with Crippen LogP contribution < -0.4 is 14.2 Å². The number of benzene rings is 2. The van der Waals surface area contributed by atoms with Gasteiger partial charge in [0.05, 0.1) is 52.6 Å². The maximum absolute atomic E-state index is 14.0. The summed E-state index contributed by atoms with van der Waals surface area (Å²) >= 11 is 0. The Hall–Kier alpha value is -4.35. The molecule has 3 heterocycles. The lowest BCUT2D eigenvalue weighted by Gasteiger charge is -2.30. The third-order valence-electron chi connectivity index (χ3n) is 7.52. The molecule has 5 rings (SSSR count). The Morgan fingerprint density at radius 3 is 2.40 bits per heavy atom. The van der Waals surface area contributed by atoms with E-state index in [0.29, 0.717) is 44.2 Å². The van der Waals surface area contributed by atoms with Crippen LogP contribution in [-0.4, -0.2) is 99.6 Å². The third kappa shape index (κ3) is 6.58. The summed E-state index contributed by atoms with van der Waals surface area (Å²) in [5.74, 6) is 1.41. The molecule has 0 spiro atoms. The van der Waals surface area contributed by atoms with E-state index in [1.54, 1.807) is 33.5 Å². The van der Waals surface area contributed by atoms with E-state index in [4.69, 9.17) is 28.5 Å². The van der Waals surface area contributed by atoms with E-state index < -0.39 is 6.04 Å². The number of hydrogen-bond acceptors (Lipinski definition) is 9. The highest BCUT2D eigenvalue weighted by atomic mass is 16.5. The number of carbonyl (C=O) groups excluding carboxylic acids is 2. The third-order valence-corrected chi connectivity index (χ3v) is 7.52. The first-order valence-electron chi connectivity index (χ1n) is 13.9. The number of rotatable bonds is 11. The summed E-state index contributed by atoms with van der Waals surface area (Å²) < 4.78 is 27.1. The largest absolute Gasteiger partial charge is 0.497 e. The van der Waals surface area contributed by atoms with Crippen LogP contribution in [0.1, 0.15) is 34.1 Å². The molecular weight excluding hydrogens is 540 g/mol. The zero-order valence-corrected chi connectivity index (χ0v) is 24.2. The molecular formula is C31H36N4O7. The van der Waals surface area contributed by atoms with Crippen molar-refractivity contribution in [2.45, 2.75) is 12.5 Å². The number of carbonyl (C=O) groups is 2. The van der Waals surface area contributed by atoms with E-state index in [9.17, 15) is 9.59 Å². The van der Waals surface area contributed by atoms with Gasteiger partial charge in [-0.1, -0.05) is 6.07 Å². The van der Waals surface area contributed by atoms with Crippen molar-refractivity contribution < 1.29 is 33.0 Å². The number of hydrogen-bond donors (Lipinski definition) is 0. The number of furan rings is 1. The van der Waals surface area contributed by atoms with Crippen molar-refractivity contribution in [3.8, 4) is 17.2 Å². The van der Waals surface area contributed by atoms with Crippen LogP contribution in [-0.2, 0) is 9.53 Å². The van der Waals surface area contributed by atoms with Gasteiger partial charge in [0.15, 0.2) is 17.3 Å². The summed E-state index contributed by atoms with van der Waals surface area (Å²) in [7, 11) is 4.77. The summed E-state index contributed by atoms with van der Waals surface area (Å²) in [5.41, 5.74) is 2.47. The molecule has 1 unspecified atom stereocenters. The van der Waals surface area contributed by atoms with Crippen molar-refractivity contribution >= 4 is 17.5 Å². The van der Waals surface area contributed by atoms with E-state index in [2.05, 4.69) is 4.90 Å². The van der Waals surface area contributed by atoms with Crippen molar-refractivity contribution in [3.05, 3.63) is 77.7 Å². The standard InChI is InChI=1S/C31H36N4O7/c1-38-24-9-6-22(7-10-24)25-20-26(23-8-11-27(39-2)29(19-23)40-3)35(32-25)30(36)21-34(31(37)28-5-4-16-42-28)13-12-33-14-17-41-18-15-33/h4-11,16,19,26H,12-15,17-18,20-21H2,1-3H3. The van der Waals surface area contributed by atoms with Gasteiger partial charge in [0, 0.05) is 32.6 Å². The number of amides is 2. The van der Waals surface area contributed by atoms with E-state index in [1.165, 1.54) is 16.2 Å². The van der Waals surface area contributed by atoms with Gasteiger partial charge in [0.2, 0.25) is 0 Å². The maximum Gasteiger partial charge on any atom is 0.290 e. The first-order chi connectivity index (χ1) is 20.5. The average molecular weight is 577 g/mol. The van der Waals surface area contributed by atoms with E-state index in [0.717, 1.165) is 35.7 Å². The fraction of sp³-hybridized carbons (Fsp3) is 0.387. The molecule has 2 aliphatic heterocycles. The summed E-state index contributed by atoms with van der Waals surface area (Å²) in [4.78, 5) is 31.2. The first-order valence-corrected chi connectivity index (χ1v) is 13.9. The van der Waals surface area contributed by atoms with Gasteiger partial charge in [-0.25, -0.2) is 5.01 Å². The minimum Gasteiger partial charge on any atom is -0.497 e. The van der Waals surface area contributed by atoms with Gasteiger partial charge < -0.3 is 28.3 Å². The summed E-state index contributed by atoms with van der Waals surface area (Å²) in [6.07, 6.45) is 1.93. The van der Waals surface area contributed by atoms with Crippen molar-refractivity contribution in [3.63, 3.8) is 0 Å². The Balaban J connectivity index is 1.43. The second-order valence-corrected chi connectivity index (χ2v) is 10.0. The molecule has 1 saturated heterocycles. The lowest BCUT2D eigenvalue weighted by molar-refractivity contribution is -0.133. The highest BCUT2D eigenvalue weighted by Gasteiger charge is 2.35. The van der Waals surface area contributed by atoms with E-state index in [-0.39, 0.29) is 24.1 Å². The zero-order valence-electron chi connectivity index (χ0n) is 24.2. The predicted molar refractivity (Wildman–Crippen MR) is 155 cm³/mol.